The van der Waals surface area contributed by atoms with Crippen LogP contribution in [0.2, 0.25) is 0 Å². The van der Waals surface area contributed by atoms with Crippen molar-refractivity contribution < 1.29 is 15.0 Å². The van der Waals surface area contributed by atoms with Crippen LogP contribution in [-0.2, 0) is 4.79 Å². The maximum Gasteiger partial charge on any atom is 0.328 e. The Hall–Kier alpha value is -1.77. The van der Waals surface area contributed by atoms with Crippen LogP contribution in [0, 0.1) is 0 Å². The number of phenolic OH excluding ortho intramolecular Hbond substituents is 1. The molecule has 0 aromatic heterocycles. The zero-order valence-corrected chi connectivity index (χ0v) is 7.90. The molecular weight excluding hydrogens is 180 g/mol. The molecule has 0 saturated carbocycles. The van der Waals surface area contributed by atoms with E-state index in [9.17, 15) is 9.90 Å². The molecule has 0 aliphatic heterocycles. The van der Waals surface area contributed by atoms with Gasteiger partial charge < -0.3 is 10.2 Å². The third-order valence-corrected chi connectivity index (χ3v) is 1.93. The molecule has 0 unspecified atom stereocenters. The van der Waals surface area contributed by atoms with E-state index in [1.165, 1.54) is 0 Å². The van der Waals surface area contributed by atoms with Crippen LogP contribution in [0.4, 0.5) is 0 Å². The lowest BCUT2D eigenvalue weighted by Crippen LogP contribution is -1.92. The van der Waals surface area contributed by atoms with Crippen molar-refractivity contribution in [3.8, 4) is 5.75 Å². The van der Waals surface area contributed by atoms with Crippen molar-refractivity contribution >= 4 is 11.5 Å². The van der Waals surface area contributed by atoms with Crippen LogP contribution in [0.25, 0.3) is 5.57 Å². The van der Waals surface area contributed by atoms with E-state index in [1.54, 1.807) is 24.3 Å². The highest BCUT2D eigenvalue weighted by Crippen LogP contribution is 2.26. The van der Waals surface area contributed by atoms with Gasteiger partial charge in [-0.3, -0.25) is 0 Å². The molecule has 0 aliphatic rings. The van der Waals surface area contributed by atoms with Gasteiger partial charge in [0.2, 0.25) is 0 Å². The highest BCUT2D eigenvalue weighted by Gasteiger charge is 2.05. The average molecular weight is 192 g/mol. The van der Waals surface area contributed by atoms with Crippen molar-refractivity contribution in [3.05, 3.63) is 35.9 Å². The molecule has 0 aliphatic carbocycles. The van der Waals surface area contributed by atoms with Gasteiger partial charge in [-0.25, -0.2) is 4.79 Å². The zero-order chi connectivity index (χ0) is 10.6. The fourth-order valence-electron chi connectivity index (χ4n) is 1.26. The summed E-state index contributed by atoms with van der Waals surface area (Å²) in [4.78, 5) is 10.5. The van der Waals surface area contributed by atoms with E-state index in [0.717, 1.165) is 6.08 Å². The predicted octanol–water partition coefficient (Wildman–Crippen LogP) is 2.27. The summed E-state index contributed by atoms with van der Waals surface area (Å²) in [5.41, 5.74) is 1.20. The standard InChI is InChI=1S/C11H12O3/c1-2-8(7-11(13)14)9-5-3-4-6-10(9)12/h3-7,12H,2H2,1H3,(H,13,14). The molecule has 0 heterocycles. The minimum absolute atomic E-state index is 0.113. The Labute approximate surface area is 82.3 Å². The van der Waals surface area contributed by atoms with Crippen molar-refractivity contribution in [2.75, 3.05) is 0 Å². The summed E-state index contributed by atoms with van der Waals surface area (Å²) in [6.07, 6.45) is 1.69. The van der Waals surface area contributed by atoms with Gasteiger partial charge in [0.25, 0.3) is 0 Å². The summed E-state index contributed by atoms with van der Waals surface area (Å²) in [5, 5.41) is 18.1. The lowest BCUT2D eigenvalue weighted by atomic mass is 10.0. The van der Waals surface area contributed by atoms with Crippen LogP contribution in [0.15, 0.2) is 30.3 Å². The van der Waals surface area contributed by atoms with Gasteiger partial charge in [-0.15, -0.1) is 0 Å². The Morgan fingerprint density at radius 3 is 2.57 bits per heavy atom. The van der Waals surface area contributed by atoms with Crippen molar-refractivity contribution in [2.45, 2.75) is 13.3 Å². The molecular formula is C11H12O3. The maximum atomic E-state index is 10.5. The van der Waals surface area contributed by atoms with E-state index in [-0.39, 0.29) is 5.75 Å². The van der Waals surface area contributed by atoms with Crippen LogP contribution in [0.3, 0.4) is 0 Å². The summed E-state index contributed by atoms with van der Waals surface area (Å²) in [6, 6.07) is 6.71. The molecule has 74 valence electrons. The van der Waals surface area contributed by atoms with E-state index < -0.39 is 5.97 Å². The highest BCUT2D eigenvalue weighted by molar-refractivity contribution is 5.90. The number of para-hydroxylation sites is 1. The van der Waals surface area contributed by atoms with E-state index in [0.29, 0.717) is 17.6 Å². The number of allylic oxidation sites excluding steroid dienone is 1. The quantitative estimate of drug-likeness (QED) is 0.722. The maximum absolute atomic E-state index is 10.5. The van der Waals surface area contributed by atoms with Gasteiger partial charge in [-0.05, 0) is 18.1 Å². The second-order valence-corrected chi connectivity index (χ2v) is 2.88. The van der Waals surface area contributed by atoms with Crippen LogP contribution in [-0.4, -0.2) is 16.2 Å². The number of aliphatic carboxylic acids is 1. The Morgan fingerprint density at radius 2 is 2.07 bits per heavy atom. The van der Waals surface area contributed by atoms with Gasteiger partial charge in [0.05, 0.1) is 0 Å². The molecule has 0 saturated heterocycles. The monoisotopic (exact) mass is 192 g/mol. The van der Waals surface area contributed by atoms with Crippen molar-refractivity contribution in [1.82, 2.24) is 0 Å². The van der Waals surface area contributed by atoms with E-state index >= 15 is 0 Å². The number of carbonyl (C=O) groups is 1. The largest absolute Gasteiger partial charge is 0.507 e. The summed E-state index contributed by atoms with van der Waals surface area (Å²) in [7, 11) is 0. The molecule has 1 aromatic carbocycles. The van der Waals surface area contributed by atoms with Gasteiger partial charge in [0.1, 0.15) is 5.75 Å². The van der Waals surface area contributed by atoms with E-state index in [4.69, 9.17) is 5.11 Å². The van der Waals surface area contributed by atoms with Gasteiger partial charge in [-0.1, -0.05) is 25.1 Å². The number of aromatic hydroxyl groups is 1. The number of phenols is 1. The lowest BCUT2D eigenvalue weighted by molar-refractivity contribution is -0.131. The van der Waals surface area contributed by atoms with Gasteiger partial charge >= 0.3 is 5.97 Å². The number of carboxylic acids is 1. The third-order valence-electron chi connectivity index (χ3n) is 1.93. The van der Waals surface area contributed by atoms with Crippen molar-refractivity contribution in [1.29, 1.82) is 0 Å². The Kier molecular flexibility index (Phi) is 3.29. The first-order valence-electron chi connectivity index (χ1n) is 4.37. The highest BCUT2D eigenvalue weighted by atomic mass is 16.4. The van der Waals surface area contributed by atoms with Crippen molar-refractivity contribution in [3.63, 3.8) is 0 Å². The van der Waals surface area contributed by atoms with E-state index in [2.05, 4.69) is 0 Å². The van der Waals surface area contributed by atoms with Crippen LogP contribution >= 0.6 is 0 Å². The second-order valence-electron chi connectivity index (χ2n) is 2.88. The summed E-state index contributed by atoms with van der Waals surface area (Å²) < 4.78 is 0. The normalized spacial score (nSPS) is 11.4. The number of rotatable bonds is 3. The Balaban J connectivity index is 3.13. The second kappa shape index (κ2) is 4.46. The third kappa shape index (κ3) is 2.36. The van der Waals surface area contributed by atoms with Gasteiger partial charge in [-0.2, -0.15) is 0 Å². The minimum atomic E-state index is -0.995. The van der Waals surface area contributed by atoms with Gasteiger partial charge in [0, 0.05) is 11.6 Å². The summed E-state index contributed by atoms with van der Waals surface area (Å²) in [5.74, 6) is -0.882. The summed E-state index contributed by atoms with van der Waals surface area (Å²) in [6.45, 7) is 1.85. The molecule has 14 heavy (non-hydrogen) atoms. The first kappa shape index (κ1) is 10.3. The fourth-order valence-corrected chi connectivity index (χ4v) is 1.26. The fraction of sp³-hybridized carbons (Fsp3) is 0.182. The zero-order valence-electron chi connectivity index (χ0n) is 7.90. The molecule has 3 heteroatoms. The summed E-state index contributed by atoms with van der Waals surface area (Å²) >= 11 is 0. The number of carboxylic acid groups (broad SMARTS) is 1. The molecule has 0 atom stereocenters. The molecule has 3 nitrogen and oxygen atoms in total. The Morgan fingerprint density at radius 1 is 1.43 bits per heavy atom. The van der Waals surface area contributed by atoms with Crippen LogP contribution in [0.5, 0.6) is 5.75 Å². The molecule has 0 amide bonds. The SMILES string of the molecule is CCC(=CC(=O)O)c1ccccc1O. The molecule has 0 spiro atoms. The first-order valence-corrected chi connectivity index (χ1v) is 4.37. The number of hydrogen-bond acceptors (Lipinski definition) is 2. The molecule has 1 rings (SSSR count). The smallest absolute Gasteiger partial charge is 0.328 e. The first-order chi connectivity index (χ1) is 6.65. The number of benzene rings is 1. The molecule has 0 radical (unpaired) electrons. The van der Waals surface area contributed by atoms with Crippen LogP contribution < -0.4 is 0 Å². The van der Waals surface area contributed by atoms with Crippen LogP contribution in [0.1, 0.15) is 18.9 Å². The minimum Gasteiger partial charge on any atom is -0.507 e. The van der Waals surface area contributed by atoms with E-state index in [1.807, 2.05) is 6.92 Å². The van der Waals surface area contributed by atoms with Gasteiger partial charge in [0.15, 0.2) is 0 Å². The van der Waals surface area contributed by atoms with Crippen molar-refractivity contribution in [2.24, 2.45) is 0 Å². The topological polar surface area (TPSA) is 57.5 Å². The molecule has 1 aromatic rings. The average Bonchev–Trinajstić information content (AvgIpc) is 2.15. The molecule has 0 bridgehead atoms. The molecule has 2 N–H and O–H groups in total. The lowest BCUT2D eigenvalue weighted by Gasteiger charge is -2.05. The molecule has 0 fully saturated rings. The Bertz CT molecular complexity index is 367. The number of hydrogen-bond donors (Lipinski definition) is 2. The predicted molar refractivity (Wildman–Crippen MR) is 54.0 cm³/mol.